The Hall–Kier alpha value is -6.10. The molecule has 11 nitrogen and oxygen atoms in total. The van der Waals surface area contributed by atoms with E-state index < -0.39 is 18.6 Å². The van der Waals surface area contributed by atoms with E-state index in [9.17, 15) is 14.7 Å². The van der Waals surface area contributed by atoms with Crippen LogP contribution in [-0.2, 0) is 37.3 Å². The number of ether oxygens (including phenoxy) is 1. The van der Waals surface area contributed by atoms with Gasteiger partial charge in [0.25, 0.3) is 0 Å². The molecule has 0 saturated carbocycles. The summed E-state index contributed by atoms with van der Waals surface area (Å²) in [7, 11) is 0. The van der Waals surface area contributed by atoms with Gasteiger partial charge >= 0.3 is 12.1 Å². The molecule has 11 heteroatoms. The Morgan fingerprint density at radius 3 is 1.81 bits per heavy atom. The zero-order chi connectivity index (χ0) is 37.6. The molecule has 0 radical (unpaired) electrons. The van der Waals surface area contributed by atoms with Crippen molar-refractivity contribution in [2.45, 2.75) is 74.0 Å². The normalized spacial score (nSPS) is 11.1. The van der Waals surface area contributed by atoms with Crippen LogP contribution in [0.25, 0.3) is 21.8 Å². The lowest BCUT2D eigenvalue weighted by atomic mass is 10.1. The summed E-state index contributed by atoms with van der Waals surface area (Å²) in [5, 5.41) is 11.6. The van der Waals surface area contributed by atoms with Crippen LogP contribution >= 0.6 is 0 Å². The summed E-state index contributed by atoms with van der Waals surface area (Å²) in [5.41, 5.74) is 7.48. The fourth-order valence-electron chi connectivity index (χ4n) is 6.58. The minimum atomic E-state index is -1.11. The molecule has 0 aliphatic rings. The van der Waals surface area contributed by atoms with Crippen LogP contribution in [0, 0.1) is 41.5 Å². The smallest absolute Gasteiger partial charge is 0.416 e. The van der Waals surface area contributed by atoms with E-state index in [1.807, 2.05) is 77.2 Å². The second-order valence-corrected chi connectivity index (χ2v) is 13.3. The number of fused-ring (bicyclic) bond motifs is 2. The largest absolute Gasteiger partial charge is 0.480 e. The number of aryl methyl sites for hydroxylation is 10. The highest BCUT2D eigenvalue weighted by molar-refractivity contribution is 5.85. The van der Waals surface area contributed by atoms with Gasteiger partial charge in [0.1, 0.15) is 23.8 Å². The Kier molecular flexibility index (Phi) is 11.1. The first-order valence-electron chi connectivity index (χ1n) is 17.7. The molecule has 0 aliphatic carbocycles. The number of hydrogen-bond donors (Lipinski definition) is 1. The lowest BCUT2D eigenvalue weighted by Crippen LogP contribution is -2.37. The van der Waals surface area contributed by atoms with Crippen LogP contribution < -0.4 is 4.74 Å². The number of oxazole rings is 2. The number of carbonyl (C=O) groups excluding carboxylic acids is 1. The third-order valence-corrected chi connectivity index (χ3v) is 9.29. The Morgan fingerprint density at radius 2 is 1.26 bits per heavy atom. The molecule has 0 aliphatic heterocycles. The van der Waals surface area contributed by atoms with E-state index in [4.69, 9.17) is 13.6 Å². The number of amides is 1. The Bertz CT molecular complexity index is 2360. The molecule has 4 aromatic heterocycles. The molecule has 0 bridgehead atoms. The molecule has 1 N–H and O–H groups in total. The van der Waals surface area contributed by atoms with Gasteiger partial charge in [-0.05, 0) is 75.2 Å². The van der Waals surface area contributed by atoms with Crippen LogP contribution in [0.15, 0.2) is 94.0 Å². The summed E-state index contributed by atoms with van der Waals surface area (Å²) in [6, 6.07) is 23.4. The Morgan fingerprint density at radius 1 is 0.717 bits per heavy atom. The Balaban J connectivity index is 0.000000213. The summed E-state index contributed by atoms with van der Waals surface area (Å²) in [4.78, 5) is 34.3. The second kappa shape index (κ2) is 16.1. The van der Waals surface area contributed by atoms with Gasteiger partial charge in [-0.2, -0.15) is 0 Å². The van der Waals surface area contributed by atoms with Gasteiger partial charge in [0, 0.05) is 74.0 Å². The molecule has 0 atom stereocenters. The van der Waals surface area contributed by atoms with Crippen molar-refractivity contribution in [3.8, 4) is 5.75 Å². The van der Waals surface area contributed by atoms with Crippen LogP contribution in [0.2, 0.25) is 0 Å². The van der Waals surface area contributed by atoms with Gasteiger partial charge < -0.3 is 27.8 Å². The fraction of sp³-hybridized carbons (Fsp3) is 0.286. The predicted octanol–water partition coefficient (Wildman–Crippen LogP) is 8.68. The maximum Gasteiger partial charge on any atom is 0.416 e. The van der Waals surface area contributed by atoms with E-state index in [0.29, 0.717) is 18.2 Å². The number of carboxylic acid groups (broad SMARTS) is 1. The van der Waals surface area contributed by atoms with Crippen LogP contribution in [0.3, 0.4) is 0 Å². The van der Waals surface area contributed by atoms with E-state index in [2.05, 4.69) is 56.5 Å². The average molecular weight is 716 g/mol. The second-order valence-electron chi connectivity index (χ2n) is 13.3. The monoisotopic (exact) mass is 715 g/mol. The number of carboxylic acids is 1. The number of rotatable bonds is 11. The average Bonchev–Trinajstić information content (AvgIpc) is 3.89. The molecule has 7 rings (SSSR count). The molecule has 0 spiro atoms. The predicted molar refractivity (Wildman–Crippen MR) is 203 cm³/mol. The topological polar surface area (TPSA) is 129 Å². The van der Waals surface area contributed by atoms with Crippen LogP contribution in [0.5, 0.6) is 5.75 Å². The van der Waals surface area contributed by atoms with E-state index >= 15 is 0 Å². The number of carbonyl (C=O) groups is 2. The van der Waals surface area contributed by atoms with E-state index in [1.165, 1.54) is 21.4 Å². The number of hydrogen-bond acceptors (Lipinski definition) is 7. The lowest BCUT2D eigenvalue weighted by molar-refractivity contribution is -0.138. The highest BCUT2D eigenvalue weighted by Gasteiger charge is 2.21. The van der Waals surface area contributed by atoms with Gasteiger partial charge in [-0.25, -0.2) is 14.8 Å². The summed E-state index contributed by atoms with van der Waals surface area (Å²) < 4.78 is 20.8. The molecule has 0 fully saturated rings. The number of aliphatic carboxylic acids is 1. The van der Waals surface area contributed by atoms with Gasteiger partial charge in [-0.1, -0.05) is 42.0 Å². The van der Waals surface area contributed by atoms with Crippen LogP contribution in [0.4, 0.5) is 4.79 Å². The molecule has 3 aromatic carbocycles. The number of benzene rings is 3. The molecule has 4 heterocycles. The highest BCUT2D eigenvalue weighted by atomic mass is 16.6. The van der Waals surface area contributed by atoms with Gasteiger partial charge in [0.2, 0.25) is 0 Å². The van der Waals surface area contributed by atoms with Crippen LogP contribution in [0.1, 0.15) is 51.4 Å². The highest BCUT2D eigenvalue weighted by Crippen LogP contribution is 2.24. The van der Waals surface area contributed by atoms with E-state index in [-0.39, 0.29) is 6.54 Å². The van der Waals surface area contributed by atoms with Crippen molar-refractivity contribution in [1.82, 2.24) is 24.0 Å². The first kappa shape index (κ1) is 36.7. The van der Waals surface area contributed by atoms with Gasteiger partial charge in [-0.3, -0.25) is 9.69 Å². The molecule has 53 heavy (non-hydrogen) atoms. The van der Waals surface area contributed by atoms with Crippen molar-refractivity contribution in [2.75, 3.05) is 6.54 Å². The van der Waals surface area contributed by atoms with Gasteiger partial charge in [-0.15, -0.1) is 0 Å². The summed E-state index contributed by atoms with van der Waals surface area (Å²) in [6.07, 6.45) is 5.06. The van der Waals surface area contributed by atoms with Crippen molar-refractivity contribution in [3.05, 3.63) is 137 Å². The molecule has 7 aromatic rings. The van der Waals surface area contributed by atoms with Gasteiger partial charge in [0.05, 0.1) is 17.9 Å². The molecule has 0 unspecified atom stereocenters. The minimum absolute atomic E-state index is 0.111. The quantitative estimate of drug-likeness (QED) is 0.141. The van der Waals surface area contributed by atoms with Gasteiger partial charge in [0.15, 0.2) is 11.8 Å². The van der Waals surface area contributed by atoms with Crippen molar-refractivity contribution in [1.29, 1.82) is 0 Å². The first-order chi connectivity index (χ1) is 25.4. The maximum absolute atomic E-state index is 12.8. The Labute approximate surface area is 308 Å². The molecular formula is C42H45N5O6. The SMILES string of the molecule is Cc1ccc(OC(=O)N(CC(=O)O)Cc2cccc3c2ccn3CCc2nc(C)oc2C)cc1.Cc1nc(CCn2ccc3c(C)cccc32)c(C)o1. The molecule has 0 saturated heterocycles. The molecular weight excluding hydrogens is 670 g/mol. The number of aromatic nitrogens is 4. The minimum Gasteiger partial charge on any atom is -0.480 e. The van der Waals surface area contributed by atoms with Crippen molar-refractivity contribution >= 4 is 33.9 Å². The summed E-state index contributed by atoms with van der Waals surface area (Å²) >= 11 is 0. The number of nitrogens with zero attached hydrogens (tertiary/aromatic N) is 5. The third-order valence-electron chi connectivity index (χ3n) is 9.29. The maximum atomic E-state index is 12.8. The zero-order valence-electron chi connectivity index (χ0n) is 31.1. The van der Waals surface area contributed by atoms with Crippen LogP contribution in [-0.4, -0.2) is 47.7 Å². The van der Waals surface area contributed by atoms with Crippen molar-refractivity contribution < 1.29 is 28.3 Å². The summed E-state index contributed by atoms with van der Waals surface area (Å²) in [6.45, 7) is 13.0. The fourth-order valence-corrected chi connectivity index (χ4v) is 6.58. The lowest BCUT2D eigenvalue weighted by Gasteiger charge is -2.21. The van der Waals surface area contributed by atoms with Crippen molar-refractivity contribution in [3.63, 3.8) is 0 Å². The van der Waals surface area contributed by atoms with E-state index in [0.717, 1.165) is 70.2 Å². The van der Waals surface area contributed by atoms with Crippen molar-refractivity contribution in [2.24, 2.45) is 0 Å². The third kappa shape index (κ3) is 8.86. The standard InChI is InChI=1S/C26H27N3O5.C16H18N2O/c1-17-7-9-21(10-8-17)34-26(32)29(16-25(30)31)15-20-5-4-6-24-22(20)11-13-28(24)14-12-23-18(2)33-19(3)27-23;1-11-5-4-6-16-14(11)7-9-18(16)10-8-15-12(2)19-13(3)17-15/h4-11,13H,12,14-16H2,1-3H3,(H,30,31);4-7,9H,8,10H2,1-3H3. The summed E-state index contributed by atoms with van der Waals surface area (Å²) in [5.74, 6) is 2.43. The first-order valence-corrected chi connectivity index (χ1v) is 17.7. The molecule has 1 amide bonds. The van der Waals surface area contributed by atoms with E-state index in [1.54, 1.807) is 12.1 Å². The molecule has 274 valence electrons. The zero-order valence-corrected chi connectivity index (χ0v) is 31.1.